The van der Waals surface area contributed by atoms with Crippen molar-refractivity contribution in [3.8, 4) is 0 Å². The maximum Gasteiger partial charge on any atom is 0.364 e. The average Bonchev–Trinajstić information content (AvgIpc) is 2.05. The van der Waals surface area contributed by atoms with Gasteiger partial charge in [-0.05, 0) is 0 Å². The molecule has 1 rings (SSSR count). The highest BCUT2D eigenvalue weighted by Crippen LogP contribution is 2.19. The highest BCUT2D eigenvalue weighted by Gasteiger charge is 2.41. The van der Waals surface area contributed by atoms with Gasteiger partial charge in [0, 0.05) is 5.50 Å². The Morgan fingerprint density at radius 2 is 1.69 bits per heavy atom. The number of hydrogen-bond donors (Lipinski definition) is 0. The number of alkyl halides is 4. The molecule has 0 nitrogen and oxygen atoms in total. The van der Waals surface area contributed by atoms with Crippen molar-refractivity contribution in [2.24, 2.45) is 0 Å². The second kappa shape index (κ2) is 4.15. The predicted octanol–water partition coefficient (Wildman–Crippen LogP) is 2.00. The van der Waals surface area contributed by atoms with Crippen molar-refractivity contribution in [1.82, 2.24) is 0 Å². The summed E-state index contributed by atoms with van der Waals surface area (Å²) in [5.41, 5.74) is -0.298. The quantitative estimate of drug-likeness (QED) is 0.533. The molecule has 0 aliphatic rings. The molecule has 0 spiro atoms. The number of halogens is 4. The molecular formula is C8H8ClF3Si. The topological polar surface area (TPSA) is 0 Å². The zero-order valence-electron chi connectivity index (χ0n) is 6.68. The molecule has 0 N–H and O–H groups in total. The molecule has 0 saturated heterocycles. The van der Waals surface area contributed by atoms with Crippen LogP contribution in [0.1, 0.15) is 0 Å². The van der Waals surface area contributed by atoms with E-state index in [1.165, 1.54) is 12.1 Å². The fourth-order valence-electron chi connectivity index (χ4n) is 1.05. The SMILES string of the molecule is FC(F)(F)[SiH](CCl)c1ccccc1. The third kappa shape index (κ3) is 2.74. The lowest BCUT2D eigenvalue weighted by molar-refractivity contribution is -0.0496. The number of benzene rings is 1. The van der Waals surface area contributed by atoms with Gasteiger partial charge in [-0.25, -0.2) is 0 Å². The second-order valence-electron chi connectivity index (χ2n) is 2.66. The first-order valence-corrected chi connectivity index (χ1v) is 6.24. The van der Waals surface area contributed by atoms with E-state index < -0.39 is 14.6 Å². The first-order valence-electron chi connectivity index (χ1n) is 3.73. The van der Waals surface area contributed by atoms with Crippen LogP contribution in [0.4, 0.5) is 13.2 Å². The van der Waals surface area contributed by atoms with Crippen LogP contribution in [0.3, 0.4) is 0 Å². The molecule has 5 heteroatoms. The smallest absolute Gasteiger partial charge is 0.177 e. The van der Waals surface area contributed by atoms with Gasteiger partial charge in [-0.2, -0.15) is 13.2 Å². The zero-order chi connectivity index (χ0) is 9.90. The van der Waals surface area contributed by atoms with Crippen molar-refractivity contribution in [3.05, 3.63) is 30.3 Å². The van der Waals surface area contributed by atoms with E-state index in [1.807, 2.05) is 0 Å². The van der Waals surface area contributed by atoms with Crippen LogP contribution in [-0.2, 0) is 0 Å². The van der Waals surface area contributed by atoms with Gasteiger partial charge in [0.05, 0.1) is 0 Å². The summed E-state index contributed by atoms with van der Waals surface area (Å²) in [6.45, 7) is 0. The molecule has 1 aromatic carbocycles. The van der Waals surface area contributed by atoms with Gasteiger partial charge in [0.1, 0.15) is 0 Å². The summed E-state index contributed by atoms with van der Waals surface area (Å²) in [4.78, 5) is 0. The van der Waals surface area contributed by atoms with Gasteiger partial charge in [0.2, 0.25) is 8.80 Å². The summed E-state index contributed by atoms with van der Waals surface area (Å²) in [5, 5.41) is 0.352. The van der Waals surface area contributed by atoms with E-state index in [0.29, 0.717) is 5.19 Å². The van der Waals surface area contributed by atoms with E-state index in [-0.39, 0.29) is 5.50 Å². The highest BCUT2D eigenvalue weighted by molar-refractivity contribution is 6.80. The summed E-state index contributed by atoms with van der Waals surface area (Å²) in [6, 6.07) is 7.89. The lowest BCUT2D eigenvalue weighted by Crippen LogP contribution is -2.46. The normalized spacial score (nSPS) is 14.2. The van der Waals surface area contributed by atoms with Gasteiger partial charge in [-0.1, -0.05) is 35.5 Å². The molecule has 0 saturated carbocycles. The van der Waals surface area contributed by atoms with Crippen LogP contribution in [-0.4, -0.2) is 20.1 Å². The Hall–Kier alpha value is -0.483. The van der Waals surface area contributed by atoms with E-state index in [4.69, 9.17) is 11.6 Å². The minimum Gasteiger partial charge on any atom is -0.177 e. The number of rotatable bonds is 2. The summed E-state index contributed by atoms with van der Waals surface area (Å²) in [6.07, 6.45) is 0. The third-order valence-electron chi connectivity index (χ3n) is 1.75. The Morgan fingerprint density at radius 3 is 2.08 bits per heavy atom. The van der Waals surface area contributed by atoms with Crippen molar-refractivity contribution in [2.75, 3.05) is 5.50 Å². The largest absolute Gasteiger partial charge is 0.364 e. The molecule has 72 valence electrons. The van der Waals surface area contributed by atoms with Crippen LogP contribution in [0.2, 0.25) is 0 Å². The molecule has 0 heterocycles. The fraction of sp³-hybridized carbons (Fsp3) is 0.250. The van der Waals surface area contributed by atoms with E-state index in [2.05, 4.69) is 0 Å². The van der Waals surface area contributed by atoms with Crippen LogP contribution in [0, 0.1) is 0 Å². The summed E-state index contributed by atoms with van der Waals surface area (Å²) in [5.74, 6) is -4.12. The maximum atomic E-state index is 12.4. The fourth-order valence-corrected chi connectivity index (χ4v) is 3.53. The summed E-state index contributed by atoms with van der Waals surface area (Å²) in [7, 11) is -2.99. The van der Waals surface area contributed by atoms with Gasteiger partial charge in [0.15, 0.2) is 0 Å². The van der Waals surface area contributed by atoms with Crippen molar-refractivity contribution in [2.45, 2.75) is 5.80 Å². The van der Waals surface area contributed by atoms with Crippen molar-refractivity contribution in [3.63, 3.8) is 0 Å². The number of hydrogen-bond acceptors (Lipinski definition) is 0. The van der Waals surface area contributed by atoms with Gasteiger partial charge in [0.25, 0.3) is 0 Å². The van der Waals surface area contributed by atoms with Gasteiger partial charge >= 0.3 is 5.80 Å². The van der Waals surface area contributed by atoms with E-state index >= 15 is 0 Å². The molecule has 0 aliphatic carbocycles. The summed E-state index contributed by atoms with van der Waals surface area (Å²) < 4.78 is 37.2. The molecule has 0 amide bonds. The Kier molecular flexibility index (Phi) is 3.38. The summed E-state index contributed by atoms with van der Waals surface area (Å²) >= 11 is 5.33. The second-order valence-corrected chi connectivity index (χ2v) is 6.32. The van der Waals surface area contributed by atoms with Crippen LogP contribution < -0.4 is 5.19 Å². The predicted molar refractivity (Wildman–Crippen MR) is 50.0 cm³/mol. The van der Waals surface area contributed by atoms with Crippen molar-refractivity contribution in [1.29, 1.82) is 0 Å². The average molecular weight is 225 g/mol. The van der Waals surface area contributed by atoms with E-state index in [0.717, 1.165) is 0 Å². The molecule has 0 radical (unpaired) electrons. The Labute approximate surface area is 80.9 Å². The van der Waals surface area contributed by atoms with Crippen LogP contribution in [0.5, 0.6) is 0 Å². The van der Waals surface area contributed by atoms with Crippen molar-refractivity contribution < 1.29 is 13.2 Å². The minimum absolute atomic E-state index is 0.298. The molecule has 1 atom stereocenters. The van der Waals surface area contributed by atoms with Crippen LogP contribution >= 0.6 is 11.6 Å². The monoisotopic (exact) mass is 224 g/mol. The molecule has 1 unspecified atom stereocenters. The molecule has 0 aromatic heterocycles. The Balaban J connectivity index is 2.92. The molecule has 13 heavy (non-hydrogen) atoms. The molecule has 0 fully saturated rings. The molecular weight excluding hydrogens is 217 g/mol. The van der Waals surface area contributed by atoms with Gasteiger partial charge in [-0.3, -0.25) is 0 Å². The zero-order valence-corrected chi connectivity index (χ0v) is 8.59. The Morgan fingerprint density at radius 1 is 1.15 bits per heavy atom. The van der Waals surface area contributed by atoms with Crippen molar-refractivity contribution >= 4 is 25.6 Å². The Bertz CT molecular complexity index is 260. The lowest BCUT2D eigenvalue weighted by Gasteiger charge is -2.15. The van der Waals surface area contributed by atoms with E-state index in [9.17, 15) is 13.2 Å². The lowest BCUT2D eigenvalue weighted by atomic mass is 10.4. The standard InChI is InChI=1S/C8H8ClF3Si/c9-6-13(8(10,11)12)7-4-2-1-3-5-7/h1-5,13H,6H2. The minimum atomic E-state index is -4.12. The van der Waals surface area contributed by atoms with Gasteiger partial charge < -0.3 is 0 Å². The maximum absolute atomic E-state index is 12.4. The molecule has 1 aromatic rings. The first-order chi connectivity index (χ1) is 6.05. The highest BCUT2D eigenvalue weighted by atomic mass is 35.5. The molecule has 0 aliphatic heterocycles. The van der Waals surface area contributed by atoms with Gasteiger partial charge in [-0.15, -0.1) is 11.6 Å². The molecule has 0 bridgehead atoms. The van der Waals surface area contributed by atoms with Crippen LogP contribution in [0.15, 0.2) is 30.3 Å². The first kappa shape index (κ1) is 10.6. The van der Waals surface area contributed by atoms with Crippen LogP contribution in [0.25, 0.3) is 0 Å². The third-order valence-corrected chi connectivity index (χ3v) is 4.97. The van der Waals surface area contributed by atoms with E-state index in [1.54, 1.807) is 18.2 Å².